The molecule has 152 valence electrons. The minimum Gasteiger partial charge on any atom is -0.362 e. The lowest BCUT2D eigenvalue weighted by atomic mass is 9.86. The van der Waals surface area contributed by atoms with E-state index in [4.69, 9.17) is 9.97 Å². The molecule has 2 N–H and O–H groups in total. The van der Waals surface area contributed by atoms with E-state index in [1.54, 1.807) is 0 Å². The molecule has 1 aliphatic rings. The molecule has 3 rings (SSSR count). The standard InChI is InChI=1S/C23H35N5/c1-4-5-6-9-16-24-17-18-12-14-19(15-13-18)25-23-26-21-11-8-7-10-20(21)22(27-23)28(2)3/h4,7-8,10-11,18-19,24H,1,5-6,9,12-17H2,2-3H3,(H,25,26,27)/t18-,19+. The van der Waals surface area contributed by atoms with E-state index in [2.05, 4.69) is 34.2 Å². The van der Waals surface area contributed by atoms with E-state index >= 15 is 0 Å². The fourth-order valence-electron chi connectivity index (χ4n) is 4.00. The van der Waals surface area contributed by atoms with Crippen molar-refractivity contribution < 1.29 is 0 Å². The van der Waals surface area contributed by atoms with Gasteiger partial charge in [0.15, 0.2) is 0 Å². The molecule has 0 unspecified atom stereocenters. The van der Waals surface area contributed by atoms with Crippen molar-refractivity contribution in [3.63, 3.8) is 0 Å². The molecule has 0 aliphatic heterocycles. The first kappa shape index (κ1) is 20.6. The molecule has 0 saturated heterocycles. The molecule has 5 heteroatoms. The number of allylic oxidation sites excluding steroid dienone is 1. The van der Waals surface area contributed by atoms with Gasteiger partial charge in [0.05, 0.1) is 5.52 Å². The lowest BCUT2D eigenvalue weighted by Gasteiger charge is -2.29. The Balaban J connectivity index is 1.49. The molecule has 2 aromatic rings. The zero-order valence-electron chi connectivity index (χ0n) is 17.5. The zero-order valence-corrected chi connectivity index (χ0v) is 17.5. The van der Waals surface area contributed by atoms with E-state index in [9.17, 15) is 0 Å². The first-order valence-electron chi connectivity index (χ1n) is 10.7. The Hall–Kier alpha value is -2.14. The summed E-state index contributed by atoms with van der Waals surface area (Å²) < 4.78 is 0. The van der Waals surface area contributed by atoms with Crippen LogP contribution in [0, 0.1) is 5.92 Å². The Morgan fingerprint density at radius 2 is 1.89 bits per heavy atom. The van der Waals surface area contributed by atoms with Gasteiger partial charge in [-0.1, -0.05) is 18.2 Å². The number of benzene rings is 1. The lowest BCUT2D eigenvalue weighted by molar-refractivity contribution is 0.324. The largest absolute Gasteiger partial charge is 0.362 e. The summed E-state index contributed by atoms with van der Waals surface area (Å²) in [6.07, 6.45) is 10.5. The van der Waals surface area contributed by atoms with Crippen LogP contribution in [-0.2, 0) is 0 Å². The highest BCUT2D eigenvalue weighted by molar-refractivity contribution is 5.90. The summed E-state index contributed by atoms with van der Waals surface area (Å²) >= 11 is 0. The van der Waals surface area contributed by atoms with Crippen LogP contribution in [0.15, 0.2) is 36.9 Å². The summed E-state index contributed by atoms with van der Waals surface area (Å²) in [7, 11) is 4.07. The summed E-state index contributed by atoms with van der Waals surface area (Å²) in [5.41, 5.74) is 0.998. The summed E-state index contributed by atoms with van der Waals surface area (Å²) in [5.74, 6) is 2.53. The number of para-hydroxylation sites is 1. The van der Waals surface area contributed by atoms with Gasteiger partial charge >= 0.3 is 0 Å². The number of aromatic nitrogens is 2. The highest BCUT2D eigenvalue weighted by atomic mass is 15.2. The zero-order chi connectivity index (χ0) is 19.8. The Morgan fingerprint density at radius 3 is 2.64 bits per heavy atom. The maximum atomic E-state index is 4.78. The Kier molecular flexibility index (Phi) is 7.66. The second-order valence-electron chi connectivity index (χ2n) is 8.13. The van der Waals surface area contributed by atoms with Gasteiger partial charge in [0.1, 0.15) is 5.82 Å². The molecule has 1 fully saturated rings. The molecule has 5 nitrogen and oxygen atoms in total. The van der Waals surface area contributed by atoms with Crippen molar-refractivity contribution in [1.82, 2.24) is 15.3 Å². The number of nitrogens with zero attached hydrogens (tertiary/aromatic N) is 3. The van der Waals surface area contributed by atoms with Gasteiger partial charge in [-0.3, -0.25) is 0 Å². The fourth-order valence-corrected chi connectivity index (χ4v) is 4.00. The third-order valence-electron chi connectivity index (χ3n) is 5.63. The number of anilines is 2. The Morgan fingerprint density at radius 1 is 1.11 bits per heavy atom. The number of hydrogen-bond donors (Lipinski definition) is 2. The predicted octanol–water partition coefficient (Wildman–Crippen LogP) is 4.61. The monoisotopic (exact) mass is 381 g/mol. The van der Waals surface area contributed by atoms with E-state index in [0.29, 0.717) is 6.04 Å². The fraction of sp³-hybridized carbons (Fsp3) is 0.565. The highest BCUT2D eigenvalue weighted by Crippen LogP contribution is 2.28. The number of rotatable bonds is 10. The van der Waals surface area contributed by atoms with Crippen molar-refractivity contribution in [2.45, 2.75) is 51.0 Å². The van der Waals surface area contributed by atoms with Crippen molar-refractivity contribution in [2.24, 2.45) is 5.92 Å². The van der Waals surface area contributed by atoms with Crippen LogP contribution in [0.3, 0.4) is 0 Å². The molecule has 1 aromatic heterocycles. The smallest absolute Gasteiger partial charge is 0.225 e. The minimum atomic E-state index is 0.472. The van der Waals surface area contributed by atoms with Gasteiger partial charge in [-0.15, -0.1) is 6.58 Å². The first-order valence-corrected chi connectivity index (χ1v) is 10.7. The van der Waals surface area contributed by atoms with Gasteiger partial charge in [-0.05, 0) is 76.1 Å². The van der Waals surface area contributed by atoms with Crippen molar-refractivity contribution in [3.05, 3.63) is 36.9 Å². The Bertz CT molecular complexity index is 750. The van der Waals surface area contributed by atoms with E-state index in [1.807, 2.05) is 32.3 Å². The SMILES string of the molecule is C=CCCCCNC[C@H]1CC[C@@H](Nc2nc(N(C)C)c3ccccc3n2)CC1. The molecule has 1 aliphatic carbocycles. The van der Waals surface area contributed by atoms with Gasteiger partial charge in [0, 0.05) is 25.5 Å². The average molecular weight is 382 g/mol. The second-order valence-corrected chi connectivity index (χ2v) is 8.13. The topological polar surface area (TPSA) is 53.1 Å². The number of unbranched alkanes of at least 4 members (excludes halogenated alkanes) is 2. The van der Waals surface area contributed by atoms with E-state index in [-0.39, 0.29) is 0 Å². The molecular formula is C23H35N5. The van der Waals surface area contributed by atoms with Crippen LogP contribution in [0.25, 0.3) is 10.9 Å². The molecule has 1 heterocycles. The van der Waals surface area contributed by atoms with E-state index in [0.717, 1.165) is 48.1 Å². The Labute approximate surface area is 169 Å². The van der Waals surface area contributed by atoms with Crippen LogP contribution in [0.1, 0.15) is 44.9 Å². The molecule has 28 heavy (non-hydrogen) atoms. The van der Waals surface area contributed by atoms with Crippen molar-refractivity contribution in [3.8, 4) is 0 Å². The van der Waals surface area contributed by atoms with Crippen LogP contribution < -0.4 is 15.5 Å². The summed E-state index contributed by atoms with van der Waals surface area (Å²) in [6, 6.07) is 8.70. The molecular weight excluding hydrogens is 346 g/mol. The summed E-state index contributed by atoms with van der Waals surface area (Å²) in [6.45, 7) is 6.06. The molecule has 0 bridgehead atoms. The van der Waals surface area contributed by atoms with Crippen LogP contribution >= 0.6 is 0 Å². The number of nitrogens with one attached hydrogen (secondary N) is 2. The molecule has 1 saturated carbocycles. The van der Waals surface area contributed by atoms with Gasteiger partial charge < -0.3 is 15.5 Å². The molecule has 0 amide bonds. The van der Waals surface area contributed by atoms with Crippen LogP contribution in [0.5, 0.6) is 0 Å². The van der Waals surface area contributed by atoms with Crippen LogP contribution in [0.2, 0.25) is 0 Å². The summed E-state index contributed by atoms with van der Waals surface area (Å²) in [4.78, 5) is 11.6. The quantitative estimate of drug-likeness (QED) is 0.465. The van der Waals surface area contributed by atoms with Crippen molar-refractivity contribution in [2.75, 3.05) is 37.4 Å². The molecule has 0 radical (unpaired) electrons. The van der Waals surface area contributed by atoms with Crippen molar-refractivity contribution in [1.29, 1.82) is 0 Å². The maximum absolute atomic E-state index is 4.78. The molecule has 1 aromatic carbocycles. The van der Waals surface area contributed by atoms with Crippen LogP contribution in [-0.4, -0.2) is 43.2 Å². The molecule has 0 atom stereocenters. The van der Waals surface area contributed by atoms with Crippen molar-refractivity contribution >= 4 is 22.7 Å². The number of fused-ring (bicyclic) bond motifs is 1. The van der Waals surface area contributed by atoms with E-state index < -0.39 is 0 Å². The van der Waals surface area contributed by atoms with Gasteiger partial charge in [0.25, 0.3) is 0 Å². The van der Waals surface area contributed by atoms with Gasteiger partial charge in [-0.25, -0.2) is 4.98 Å². The summed E-state index contributed by atoms with van der Waals surface area (Å²) in [5, 5.41) is 8.33. The first-order chi connectivity index (χ1) is 13.7. The number of hydrogen-bond acceptors (Lipinski definition) is 5. The van der Waals surface area contributed by atoms with E-state index in [1.165, 1.54) is 38.5 Å². The maximum Gasteiger partial charge on any atom is 0.225 e. The third kappa shape index (κ3) is 5.68. The lowest BCUT2D eigenvalue weighted by Crippen LogP contribution is -2.32. The second kappa shape index (κ2) is 10.4. The minimum absolute atomic E-state index is 0.472. The van der Waals surface area contributed by atoms with Gasteiger partial charge in [0.2, 0.25) is 5.95 Å². The highest BCUT2D eigenvalue weighted by Gasteiger charge is 2.22. The average Bonchev–Trinajstić information content (AvgIpc) is 2.71. The van der Waals surface area contributed by atoms with Crippen LogP contribution in [0.4, 0.5) is 11.8 Å². The predicted molar refractivity (Wildman–Crippen MR) is 120 cm³/mol. The normalized spacial score (nSPS) is 19.5. The molecule has 0 spiro atoms. The third-order valence-corrected chi connectivity index (χ3v) is 5.63. The van der Waals surface area contributed by atoms with Gasteiger partial charge in [-0.2, -0.15) is 4.98 Å².